The SMILES string of the molecule is COc1ccc(NC(=O)c2ccc(NCC(=O)NC(c3ccccc3)c3ccccc3)cc2)cc1. The van der Waals surface area contributed by atoms with Crippen LogP contribution in [0.1, 0.15) is 27.5 Å². The summed E-state index contributed by atoms with van der Waals surface area (Å²) in [7, 11) is 1.59. The highest BCUT2D eigenvalue weighted by molar-refractivity contribution is 6.04. The summed E-state index contributed by atoms with van der Waals surface area (Å²) >= 11 is 0. The second-order valence-electron chi connectivity index (χ2n) is 7.94. The lowest BCUT2D eigenvalue weighted by Crippen LogP contribution is -2.33. The Kier molecular flexibility index (Phi) is 7.76. The molecule has 6 nitrogen and oxygen atoms in total. The Labute approximate surface area is 205 Å². The average Bonchev–Trinajstić information content (AvgIpc) is 2.92. The minimum Gasteiger partial charge on any atom is -0.497 e. The molecule has 0 aliphatic rings. The zero-order valence-corrected chi connectivity index (χ0v) is 19.4. The molecule has 0 saturated heterocycles. The van der Waals surface area contributed by atoms with Gasteiger partial charge in [-0.3, -0.25) is 9.59 Å². The first kappa shape index (κ1) is 23.6. The Hall–Kier alpha value is -4.58. The fraction of sp³-hybridized carbons (Fsp3) is 0.103. The molecule has 0 aliphatic heterocycles. The predicted octanol–water partition coefficient (Wildman–Crippen LogP) is 5.27. The standard InChI is InChI=1S/C29H27N3O3/c1-35-26-18-16-25(17-19-26)31-29(34)23-12-14-24(15-13-23)30-20-27(33)32-28(21-8-4-2-5-9-21)22-10-6-3-7-11-22/h2-19,28,30H,20H2,1H3,(H,31,34)(H,32,33). The molecule has 0 radical (unpaired) electrons. The van der Waals surface area contributed by atoms with E-state index in [1.54, 1.807) is 55.6 Å². The van der Waals surface area contributed by atoms with Crippen LogP contribution in [0.3, 0.4) is 0 Å². The Morgan fingerprint density at radius 3 is 1.80 bits per heavy atom. The molecule has 35 heavy (non-hydrogen) atoms. The van der Waals surface area contributed by atoms with Crippen LogP contribution in [0.5, 0.6) is 5.75 Å². The van der Waals surface area contributed by atoms with Crippen molar-refractivity contribution in [2.75, 3.05) is 24.3 Å². The van der Waals surface area contributed by atoms with Gasteiger partial charge in [0.2, 0.25) is 5.91 Å². The second-order valence-corrected chi connectivity index (χ2v) is 7.94. The van der Waals surface area contributed by atoms with Crippen LogP contribution in [0.2, 0.25) is 0 Å². The summed E-state index contributed by atoms with van der Waals surface area (Å²) < 4.78 is 5.13. The third-order valence-electron chi connectivity index (χ3n) is 5.52. The summed E-state index contributed by atoms with van der Waals surface area (Å²) in [5, 5.41) is 9.09. The number of benzene rings is 4. The highest BCUT2D eigenvalue weighted by Crippen LogP contribution is 2.22. The average molecular weight is 466 g/mol. The second kappa shape index (κ2) is 11.5. The maximum atomic E-state index is 12.8. The third-order valence-corrected chi connectivity index (χ3v) is 5.52. The zero-order chi connectivity index (χ0) is 24.5. The van der Waals surface area contributed by atoms with Crippen LogP contribution >= 0.6 is 0 Å². The normalized spacial score (nSPS) is 10.5. The number of ether oxygens (including phenoxy) is 1. The molecule has 2 amide bonds. The van der Waals surface area contributed by atoms with Gasteiger partial charge in [0, 0.05) is 16.9 Å². The summed E-state index contributed by atoms with van der Waals surface area (Å²) in [6, 6.07) is 33.6. The molecule has 0 spiro atoms. The topological polar surface area (TPSA) is 79.5 Å². The summed E-state index contributed by atoms with van der Waals surface area (Å²) in [5.41, 5.74) is 3.97. The maximum absolute atomic E-state index is 12.8. The van der Waals surface area contributed by atoms with Crippen molar-refractivity contribution in [3.05, 3.63) is 126 Å². The van der Waals surface area contributed by atoms with E-state index in [2.05, 4.69) is 16.0 Å². The molecule has 0 atom stereocenters. The van der Waals surface area contributed by atoms with Crippen molar-refractivity contribution >= 4 is 23.2 Å². The molecule has 0 heterocycles. The largest absolute Gasteiger partial charge is 0.497 e. The molecule has 4 rings (SSSR count). The Morgan fingerprint density at radius 1 is 0.714 bits per heavy atom. The molecule has 0 aliphatic carbocycles. The lowest BCUT2D eigenvalue weighted by atomic mass is 9.99. The van der Waals surface area contributed by atoms with E-state index in [0.717, 1.165) is 22.6 Å². The van der Waals surface area contributed by atoms with Crippen LogP contribution in [0.25, 0.3) is 0 Å². The van der Waals surface area contributed by atoms with Gasteiger partial charge in [-0.2, -0.15) is 0 Å². The fourth-order valence-corrected chi connectivity index (χ4v) is 3.66. The highest BCUT2D eigenvalue weighted by Gasteiger charge is 2.16. The highest BCUT2D eigenvalue weighted by atomic mass is 16.5. The van der Waals surface area contributed by atoms with E-state index in [-0.39, 0.29) is 24.4 Å². The van der Waals surface area contributed by atoms with Gasteiger partial charge in [0.05, 0.1) is 19.7 Å². The van der Waals surface area contributed by atoms with Gasteiger partial charge in [-0.05, 0) is 59.7 Å². The lowest BCUT2D eigenvalue weighted by molar-refractivity contribution is -0.119. The van der Waals surface area contributed by atoms with Crippen LogP contribution in [0.4, 0.5) is 11.4 Å². The van der Waals surface area contributed by atoms with E-state index in [1.807, 2.05) is 60.7 Å². The number of carbonyl (C=O) groups excluding carboxylic acids is 2. The molecule has 0 fully saturated rings. The van der Waals surface area contributed by atoms with Crippen LogP contribution in [-0.4, -0.2) is 25.5 Å². The van der Waals surface area contributed by atoms with Crippen molar-refractivity contribution in [1.82, 2.24) is 5.32 Å². The third kappa shape index (κ3) is 6.48. The Balaban J connectivity index is 1.34. The van der Waals surface area contributed by atoms with Gasteiger partial charge in [-0.15, -0.1) is 0 Å². The fourth-order valence-electron chi connectivity index (χ4n) is 3.66. The molecule has 176 valence electrons. The summed E-state index contributed by atoms with van der Waals surface area (Å²) in [6.07, 6.45) is 0. The molecular formula is C29H27N3O3. The van der Waals surface area contributed by atoms with E-state index < -0.39 is 0 Å². The summed E-state index contributed by atoms with van der Waals surface area (Å²) in [5.74, 6) is 0.373. The summed E-state index contributed by atoms with van der Waals surface area (Å²) in [6.45, 7) is 0.105. The van der Waals surface area contributed by atoms with Gasteiger partial charge in [-0.1, -0.05) is 60.7 Å². The molecule has 4 aromatic carbocycles. The number of amides is 2. The molecule has 0 aromatic heterocycles. The number of hydrogen-bond acceptors (Lipinski definition) is 4. The van der Waals surface area contributed by atoms with Crippen molar-refractivity contribution in [2.45, 2.75) is 6.04 Å². The number of nitrogens with one attached hydrogen (secondary N) is 3. The van der Waals surface area contributed by atoms with E-state index in [1.165, 1.54) is 0 Å². The van der Waals surface area contributed by atoms with Crippen molar-refractivity contribution < 1.29 is 14.3 Å². The van der Waals surface area contributed by atoms with E-state index in [9.17, 15) is 9.59 Å². The van der Waals surface area contributed by atoms with Crippen LogP contribution in [0.15, 0.2) is 109 Å². The van der Waals surface area contributed by atoms with Crippen molar-refractivity contribution in [3.8, 4) is 5.75 Å². The monoisotopic (exact) mass is 465 g/mol. The first-order chi connectivity index (χ1) is 17.1. The first-order valence-corrected chi connectivity index (χ1v) is 11.3. The zero-order valence-electron chi connectivity index (χ0n) is 19.4. The number of anilines is 2. The van der Waals surface area contributed by atoms with Crippen molar-refractivity contribution in [3.63, 3.8) is 0 Å². The van der Waals surface area contributed by atoms with Crippen molar-refractivity contribution in [2.24, 2.45) is 0 Å². The molecule has 3 N–H and O–H groups in total. The minimum absolute atomic E-state index is 0.105. The number of hydrogen-bond donors (Lipinski definition) is 3. The maximum Gasteiger partial charge on any atom is 0.255 e. The summed E-state index contributed by atoms with van der Waals surface area (Å²) in [4.78, 5) is 25.3. The molecular weight excluding hydrogens is 438 g/mol. The van der Waals surface area contributed by atoms with Gasteiger partial charge >= 0.3 is 0 Å². The van der Waals surface area contributed by atoms with Gasteiger partial charge in [0.1, 0.15) is 5.75 Å². The van der Waals surface area contributed by atoms with Gasteiger partial charge in [0.15, 0.2) is 0 Å². The Bertz CT molecular complexity index is 1200. The Morgan fingerprint density at radius 2 is 1.26 bits per heavy atom. The molecule has 0 unspecified atom stereocenters. The van der Waals surface area contributed by atoms with Gasteiger partial charge < -0.3 is 20.7 Å². The quantitative estimate of drug-likeness (QED) is 0.315. The number of methoxy groups -OCH3 is 1. The smallest absolute Gasteiger partial charge is 0.255 e. The number of rotatable bonds is 9. The van der Waals surface area contributed by atoms with Gasteiger partial charge in [0.25, 0.3) is 5.91 Å². The van der Waals surface area contributed by atoms with E-state index in [0.29, 0.717) is 11.3 Å². The number of carbonyl (C=O) groups is 2. The predicted molar refractivity (Wildman–Crippen MR) is 139 cm³/mol. The first-order valence-electron chi connectivity index (χ1n) is 11.3. The van der Waals surface area contributed by atoms with Crippen molar-refractivity contribution in [1.29, 1.82) is 0 Å². The van der Waals surface area contributed by atoms with Crippen LogP contribution in [-0.2, 0) is 4.79 Å². The van der Waals surface area contributed by atoms with E-state index >= 15 is 0 Å². The van der Waals surface area contributed by atoms with E-state index in [4.69, 9.17) is 4.74 Å². The molecule has 4 aromatic rings. The molecule has 6 heteroatoms. The lowest BCUT2D eigenvalue weighted by Gasteiger charge is -2.20. The van der Waals surface area contributed by atoms with Crippen LogP contribution < -0.4 is 20.7 Å². The minimum atomic E-state index is -0.240. The molecule has 0 saturated carbocycles. The molecule has 0 bridgehead atoms. The van der Waals surface area contributed by atoms with Gasteiger partial charge in [-0.25, -0.2) is 0 Å². The van der Waals surface area contributed by atoms with Crippen LogP contribution in [0, 0.1) is 0 Å².